The fourth-order valence-corrected chi connectivity index (χ4v) is 3.51. The Morgan fingerprint density at radius 2 is 1.57 bits per heavy atom. The van der Waals surface area contributed by atoms with Gasteiger partial charge in [0.25, 0.3) is 5.88 Å². The molecule has 1 aromatic heterocycles. The predicted molar refractivity (Wildman–Crippen MR) is 132 cm³/mol. The van der Waals surface area contributed by atoms with Gasteiger partial charge in [-0.25, -0.2) is 0 Å². The van der Waals surface area contributed by atoms with Crippen molar-refractivity contribution in [2.24, 2.45) is 0 Å². The molecular weight excluding hydrogens is 446 g/mol. The van der Waals surface area contributed by atoms with Gasteiger partial charge in [0.2, 0.25) is 0 Å². The minimum Gasteiger partial charge on any atom is -0.497 e. The van der Waals surface area contributed by atoms with Crippen molar-refractivity contribution < 1.29 is 28.2 Å². The zero-order valence-corrected chi connectivity index (χ0v) is 20.1. The van der Waals surface area contributed by atoms with Crippen LogP contribution in [0.25, 0.3) is 11.3 Å². The Balaban J connectivity index is 1.31. The summed E-state index contributed by atoms with van der Waals surface area (Å²) in [6.07, 6.45) is 1.69. The van der Waals surface area contributed by atoms with Crippen LogP contribution in [0, 0.1) is 0 Å². The fraction of sp³-hybridized carbons (Fsp3) is 0.250. The second-order valence-electron chi connectivity index (χ2n) is 7.96. The summed E-state index contributed by atoms with van der Waals surface area (Å²) < 4.78 is 32.9. The third-order valence-electron chi connectivity index (χ3n) is 5.37. The minimum absolute atomic E-state index is 0.0224. The first-order chi connectivity index (χ1) is 17.1. The summed E-state index contributed by atoms with van der Waals surface area (Å²) in [5.41, 5.74) is 2.01. The van der Waals surface area contributed by atoms with Gasteiger partial charge in [-0.15, -0.1) is 0 Å². The first-order valence-corrected chi connectivity index (χ1v) is 11.4. The number of rotatable bonds is 12. The van der Waals surface area contributed by atoms with Crippen molar-refractivity contribution in [3.63, 3.8) is 0 Å². The maximum Gasteiger partial charge on any atom is 0.256 e. The van der Waals surface area contributed by atoms with E-state index in [1.807, 2.05) is 66.7 Å². The lowest BCUT2D eigenvalue weighted by molar-refractivity contribution is 0.0453. The highest BCUT2D eigenvalue weighted by atomic mass is 16.7. The number of hydrogen-bond donors (Lipinski definition) is 0. The van der Waals surface area contributed by atoms with Crippen molar-refractivity contribution in [2.75, 3.05) is 21.0 Å². The molecule has 1 atom stereocenters. The first-order valence-electron chi connectivity index (χ1n) is 11.4. The van der Waals surface area contributed by atoms with Crippen LogP contribution >= 0.6 is 0 Å². The molecule has 7 heteroatoms. The van der Waals surface area contributed by atoms with Gasteiger partial charge in [0, 0.05) is 18.7 Å². The molecule has 0 aliphatic heterocycles. The summed E-state index contributed by atoms with van der Waals surface area (Å²) >= 11 is 0. The zero-order chi connectivity index (χ0) is 24.5. The molecule has 0 saturated carbocycles. The largest absolute Gasteiger partial charge is 0.497 e. The summed E-state index contributed by atoms with van der Waals surface area (Å²) in [6, 6.07) is 25.1. The standard InChI is InChI=1S/C28H29NO6/c1-20(33-24-12-10-22(11-13-24)27-18-28(29-35-27)32-19-30-2)8-9-21-6-4-5-7-26(21)34-25-16-14-23(31-3)15-17-25/h4-7,10-18,20H,8-9,19H2,1-3H3. The van der Waals surface area contributed by atoms with Crippen LogP contribution in [0.4, 0.5) is 0 Å². The second kappa shape index (κ2) is 11.9. The minimum atomic E-state index is 0.0224. The number of methoxy groups -OCH3 is 2. The van der Waals surface area contributed by atoms with Gasteiger partial charge >= 0.3 is 0 Å². The number of hydrogen-bond acceptors (Lipinski definition) is 7. The van der Waals surface area contributed by atoms with Crippen LogP contribution in [0.5, 0.6) is 28.9 Å². The second-order valence-corrected chi connectivity index (χ2v) is 7.96. The van der Waals surface area contributed by atoms with Gasteiger partial charge in [0.1, 0.15) is 23.0 Å². The van der Waals surface area contributed by atoms with Gasteiger partial charge in [-0.05, 0) is 85.1 Å². The van der Waals surface area contributed by atoms with Crippen molar-refractivity contribution in [1.82, 2.24) is 5.16 Å². The highest BCUT2D eigenvalue weighted by Gasteiger charge is 2.11. The first kappa shape index (κ1) is 24.2. The van der Waals surface area contributed by atoms with Gasteiger partial charge in [-0.2, -0.15) is 0 Å². The predicted octanol–water partition coefficient (Wildman–Crippen LogP) is 6.53. The van der Waals surface area contributed by atoms with Gasteiger partial charge < -0.3 is 28.2 Å². The maximum absolute atomic E-state index is 6.13. The number of benzene rings is 3. The van der Waals surface area contributed by atoms with E-state index in [1.165, 1.54) is 0 Å². The van der Waals surface area contributed by atoms with E-state index in [0.717, 1.165) is 47.0 Å². The van der Waals surface area contributed by atoms with Crippen LogP contribution in [0.15, 0.2) is 83.4 Å². The van der Waals surface area contributed by atoms with E-state index in [9.17, 15) is 0 Å². The highest BCUT2D eigenvalue weighted by molar-refractivity contribution is 5.59. The molecule has 4 rings (SSSR count). The van der Waals surface area contributed by atoms with Gasteiger partial charge in [0.15, 0.2) is 12.6 Å². The topological polar surface area (TPSA) is 72.2 Å². The molecule has 0 saturated heterocycles. The Morgan fingerprint density at radius 3 is 2.31 bits per heavy atom. The fourth-order valence-electron chi connectivity index (χ4n) is 3.51. The summed E-state index contributed by atoms with van der Waals surface area (Å²) in [5, 5.41) is 3.87. The number of nitrogens with zero attached hydrogens (tertiary/aromatic N) is 1. The summed E-state index contributed by atoms with van der Waals surface area (Å²) in [5.74, 6) is 4.20. The molecule has 1 heterocycles. The van der Waals surface area contributed by atoms with E-state index in [4.69, 9.17) is 28.2 Å². The summed E-state index contributed by atoms with van der Waals surface area (Å²) in [6.45, 7) is 2.19. The Morgan fingerprint density at radius 1 is 0.857 bits per heavy atom. The van der Waals surface area contributed by atoms with E-state index < -0.39 is 0 Å². The SMILES string of the molecule is COCOc1cc(-c2ccc(OC(C)CCc3ccccc3Oc3ccc(OC)cc3)cc2)on1. The number of aryl methyl sites for hydroxylation is 1. The third kappa shape index (κ3) is 6.77. The third-order valence-corrected chi connectivity index (χ3v) is 5.37. The molecule has 0 aliphatic rings. The Hall–Kier alpha value is -3.97. The van der Waals surface area contributed by atoms with E-state index in [2.05, 4.69) is 18.1 Å². The molecule has 0 amide bonds. The number of ether oxygens (including phenoxy) is 5. The quantitative estimate of drug-likeness (QED) is 0.216. The lowest BCUT2D eigenvalue weighted by atomic mass is 10.1. The van der Waals surface area contributed by atoms with Crippen LogP contribution in [0.1, 0.15) is 18.9 Å². The molecule has 4 aromatic rings. The molecule has 0 aliphatic carbocycles. The van der Waals surface area contributed by atoms with Crippen molar-refractivity contribution in [3.8, 4) is 40.2 Å². The van der Waals surface area contributed by atoms with Crippen molar-refractivity contribution in [2.45, 2.75) is 25.9 Å². The molecule has 0 N–H and O–H groups in total. The van der Waals surface area contributed by atoms with E-state index >= 15 is 0 Å². The van der Waals surface area contributed by atoms with Gasteiger partial charge in [-0.3, -0.25) is 0 Å². The van der Waals surface area contributed by atoms with E-state index in [0.29, 0.717) is 11.6 Å². The number of para-hydroxylation sites is 1. The Bertz CT molecular complexity index is 1190. The molecular formula is C28H29NO6. The summed E-state index contributed by atoms with van der Waals surface area (Å²) in [7, 11) is 3.20. The molecule has 1 unspecified atom stereocenters. The van der Waals surface area contributed by atoms with Crippen LogP contribution in [-0.2, 0) is 11.2 Å². The average molecular weight is 476 g/mol. The lowest BCUT2D eigenvalue weighted by Crippen LogP contribution is -2.13. The van der Waals surface area contributed by atoms with Crippen molar-refractivity contribution in [1.29, 1.82) is 0 Å². The maximum atomic E-state index is 6.13. The average Bonchev–Trinajstić information content (AvgIpc) is 3.37. The number of aromatic nitrogens is 1. The van der Waals surface area contributed by atoms with Crippen LogP contribution in [0.3, 0.4) is 0 Å². The van der Waals surface area contributed by atoms with Gasteiger partial charge in [-0.1, -0.05) is 18.2 Å². The molecule has 35 heavy (non-hydrogen) atoms. The Labute approximate surface area is 205 Å². The Kier molecular flexibility index (Phi) is 8.25. The van der Waals surface area contributed by atoms with Gasteiger partial charge in [0.05, 0.1) is 13.2 Å². The zero-order valence-electron chi connectivity index (χ0n) is 20.1. The van der Waals surface area contributed by atoms with Crippen LogP contribution < -0.4 is 18.9 Å². The normalized spacial score (nSPS) is 11.6. The molecule has 0 fully saturated rings. The van der Waals surface area contributed by atoms with Crippen LogP contribution in [-0.4, -0.2) is 32.3 Å². The van der Waals surface area contributed by atoms with Crippen molar-refractivity contribution >= 4 is 0 Å². The summed E-state index contributed by atoms with van der Waals surface area (Å²) in [4.78, 5) is 0. The lowest BCUT2D eigenvalue weighted by Gasteiger charge is -2.16. The van der Waals surface area contributed by atoms with E-state index in [-0.39, 0.29) is 12.9 Å². The molecule has 3 aromatic carbocycles. The highest BCUT2D eigenvalue weighted by Crippen LogP contribution is 2.29. The van der Waals surface area contributed by atoms with Crippen molar-refractivity contribution in [3.05, 3.63) is 84.4 Å². The molecule has 7 nitrogen and oxygen atoms in total. The van der Waals surface area contributed by atoms with E-state index in [1.54, 1.807) is 20.3 Å². The molecule has 0 spiro atoms. The molecule has 182 valence electrons. The monoisotopic (exact) mass is 475 g/mol. The molecule has 0 bridgehead atoms. The smallest absolute Gasteiger partial charge is 0.256 e. The van der Waals surface area contributed by atoms with Crippen LogP contribution in [0.2, 0.25) is 0 Å². The molecule has 0 radical (unpaired) electrons.